The fraction of sp³-hybridized carbons (Fsp3) is 0.935. The van der Waals surface area contributed by atoms with Crippen LogP contribution in [0.2, 0.25) is 0 Å². The van der Waals surface area contributed by atoms with Gasteiger partial charge in [0, 0.05) is 25.7 Å². The number of carbonyl (C=O) groups excluding carboxylic acids is 4. The highest BCUT2D eigenvalue weighted by Crippen LogP contribution is 2.45. The average Bonchev–Trinajstić information content (AvgIpc) is 3.41. The molecule has 0 heterocycles. The maximum absolute atomic E-state index is 12.9. The van der Waals surface area contributed by atoms with Crippen molar-refractivity contribution >= 4 is 39.5 Å². The molecule has 0 saturated carbocycles. The smallest absolute Gasteiger partial charge is 0.462 e. The van der Waals surface area contributed by atoms with E-state index < -0.39 is 97.5 Å². The van der Waals surface area contributed by atoms with Crippen LogP contribution in [0.25, 0.3) is 0 Å². The molecule has 2 unspecified atom stereocenters. The highest BCUT2D eigenvalue weighted by molar-refractivity contribution is 7.47. The summed E-state index contributed by atoms with van der Waals surface area (Å²) in [5, 5.41) is 10.5. The lowest BCUT2D eigenvalue weighted by atomic mass is 10.0. The summed E-state index contributed by atoms with van der Waals surface area (Å²) in [6.07, 6.45) is 34.1. The molecule has 0 radical (unpaired) electrons. The predicted octanol–water partition coefficient (Wildman–Crippen LogP) is 16.7. The molecule has 0 aliphatic carbocycles. The van der Waals surface area contributed by atoms with Crippen molar-refractivity contribution in [2.24, 2.45) is 17.8 Å². The molecule has 3 N–H and O–H groups in total. The first-order valence-corrected chi connectivity index (χ1v) is 35.3. The minimum absolute atomic E-state index is 0.101. The van der Waals surface area contributed by atoms with E-state index in [2.05, 4.69) is 48.5 Å². The van der Waals surface area contributed by atoms with Crippen LogP contribution in [0, 0.1) is 17.8 Å². The minimum atomic E-state index is -4.94. The van der Waals surface area contributed by atoms with Crippen LogP contribution in [-0.2, 0) is 65.4 Å². The van der Waals surface area contributed by atoms with Crippen LogP contribution in [0.15, 0.2) is 0 Å². The van der Waals surface area contributed by atoms with Gasteiger partial charge in [0.2, 0.25) is 0 Å². The number of carbonyl (C=O) groups is 4. The van der Waals surface area contributed by atoms with E-state index in [4.69, 9.17) is 37.0 Å². The molecule has 0 aromatic rings. The minimum Gasteiger partial charge on any atom is -0.462 e. The largest absolute Gasteiger partial charge is 0.472 e. The molecule has 0 spiro atoms. The molecule has 0 fully saturated rings. The van der Waals surface area contributed by atoms with Crippen LogP contribution in [0.4, 0.5) is 0 Å². The molecule has 0 aliphatic rings. The van der Waals surface area contributed by atoms with Gasteiger partial charge in [0.05, 0.1) is 26.4 Å². The van der Waals surface area contributed by atoms with Gasteiger partial charge in [-0.15, -0.1) is 0 Å². The Balaban J connectivity index is 5.15. The van der Waals surface area contributed by atoms with E-state index in [1.807, 2.05) is 0 Å². The quantitative estimate of drug-likeness (QED) is 0.0222. The number of phosphoric ester groups is 2. The van der Waals surface area contributed by atoms with E-state index in [0.29, 0.717) is 37.5 Å². The molecule has 0 rings (SSSR count). The Bertz CT molecular complexity index is 1610. The molecule has 0 aromatic heterocycles. The molecule has 19 heteroatoms. The average molecular weight is 1200 g/mol. The molecule has 0 aliphatic heterocycles. The Labute approximate surface area is 492 Å². The number of phosphoric acid groups is 2. The van der Waals surface area contributed by atoms with E-state index >= 15 is 0 Å². The molecule has 5 atom stereocenters. The Morgan fingerprint density at radius 3 is 0.840 bits per heavy atom. The second-order valence-corrected chi connectivity index (χ2v) is 26.8. The third-order valence-corrected chi connectivity index (χ3v) is 16.0. The van der Waals surface area contributed by atoms with E-state index in [-0.39, 0.29) is 25.7 Å². The van der Waals surface area contributed by atoms with Crippen LogP contribution in [0.1, 0.15) is 299 Å². The maximum atomic E-state index is 12.9. The second-order valence-electron chi connectivity index (χ2n) is 23.9. The standard InChI is InChI=1S/C62H120O17P2/c1-8-9-10-26-36-43-59(64)72-49-57(79-62(67)46-39-32-25-24-29-35-42-55(6)7)51-76-80(68,69)74-47-56(63)48-75-81(70,71)77-52-58(50-73-60(65)44-37-30-23-19-21-28-34-41-54(4)5)78-61(66)45-38-31-22-18-16-14-12-11-13-15-17-20-27-33-40-53(2)3/h53-58,63H,8-52H2,1-7H3,(H,68,69)(H,70,71)/t56-,57+,58+/m0/s1. The molecule has 0 amide bonds. The molecule has 81 heavy (non-hydrogen) atoms. The third kappa shape index (κ3) is 56.9. The molecule has 17 nitrogen and oxygen atoms in total. The van der Waals surface area contributed by atoms with Crippen molar-refractivity contribution in [3.05, 3.63) is 0 Å². The highest BCUT2D eigenvalue weighted by Gasteiger charge is 2.30. The zero-order chi connectivity index (χ0) is 60.3. The van der Waals surface area contributed by atoms with Gasteiger partial charge in [0.15, 0.2) is 12.2 Å². The SMILES string of the molecule is CCCCCCCC(=O)OC[C@H](COP(=O)(O)OC[C@H](O)COP(=O)(O)OC[C@@H](COC(=O)CCCCCCCCCC(C)C)OC(=O)CCCCCCCCCCCCCCCCC(C)C)OC(=O)CCCCCCCCC(C)C. The number of rotatable bonds is 60. The Morgan fingerprint density at radius 1 is 0.333 bits per heavy atom. The third-order valence-electron chi connectivity index (χ3n) is 14.1. The number of aliphatic hydroxyl groups is 1. The fourth-order valence-corrected chi connectivity index (χ4v) is 10.7. The summed E-state index contributed by atoms with van der Waals surface area (Å²) >= 11 is 0. The maximum Gasteiger partial charge on any atom is 0.472 e. The lowest BCUT2D eigenvalue weighted by Gasteiger charge is -2.21. The van der Waals surface area contributed by atoms with Gasteiger partial charge in [-0.3, -0.25) is 37.3 Å². The number of esters is 4. The van der Waals surface area contributed by atoms with Gasteiger partial charge >= 0.3 is 39.5 Å². The first-order valence-electron chi connectivity index (χ1n) is 32.3. The van der Waals surface area contributed by atoms with Gasteiger partial charge in [-0.25, -0.2) is 9.13 Å². The summed E-state index contributed by atoms with van der Waals surface area (Å²) in [7, 11) is -9.87. The van der Waals surface area contributed by atoms with E-state index in [1.165, 1.54) is 96.3 Å². The summed E-state index contributed by atoms with van der Waals surface area (Å²) in [4.78, 5) is 71.8. The van der Waals surface area contributed by atoms with Gasteiger partial charge < -0.3 is 33.8 Å². The van der Waals surface area contributed by atoms with E-state index in [9.17, 15) is 43.2 Å². The molecule has 480 valence electrons. The Morgan fingerprint density at radius 2 is 0.568 bits per heavy atom. The number of unbranched alkanes of at least 4 members (excludes halogenated alkanes) is 28. The Kier molecular flexibility index (Phi) is 52.2. The van der Waals surface area contributed by atoms with Crippen molar-refractivity contribution in [3.8, 4) is 0 Å². The number of ether oxygens (including phenoxy) is 4. The van der Waals surface area contributed by atoms with E-state index in [1.54, 1.807) is 0 Å². The van der Waals surface area contributed by atoms with Gasteiger partial charge in [-0.05, 0) is 43.4 Å². The van der Waals surface area contributed by atoms with Crippen LogP contribution >= 0.6 is 15.6 Å². The molecule has 0 saturated heterocycles. The number of hydrogen-bond acceptors (Lipinski definition) is 15. The summed E-state index contributed by atoms with van der Waals surface area (Å²) in [6, 6.07) is 0. The zero-order valence-corrected chi connectivity index (χ0v) is 54.0. The van der Waals surface area contributed by atoms with Crippen molar-refractivity contribution in [2.45, 2.75) is 317 Å². The topological polar surface area (TPSA) is 237 Å². The van der Waals surface area contributed by atoms with Crippen LogP contribution in [0.5, 0.6) is 0 Å². The number of hydrogen-bond donors (Lipinski definition) is 3. The predicted molar refractivity (Wildman–Crippen MR) is 321 cm³/mol. The van der Waals surface area contributed by atoms with Gasteiger partial charge in [0.1, 0.15) is 19.3 Å². The Hall–Kier alpha value is -1.94. The van der Waals surface area contributed by atoms with Gasteiger partial charge in [0.25, 0.3) is 0 Å². The second kappa shape index (κ2) is 53.5. The van der Waals surface area contributed by atoms with Crippen molar-refractivity contribution < 1.29 is 80.2 Å². The van der Waals surface area contributed by atoms with Crippen LogP contribution in [0.3, 0.4) is 0 Å². The summed E-state index contributed by atoms with van der Waals surface area (Å²) < 4.78 is 67.7. The first-order chi connectivity index (χ1) is 38.7. The van der Waals surface area contributed by atoms with Crippen molar-refractivity contribution in [3.63, 3.8) is 0 Å². The summed E-state index contributed by atoms with van der Waals surface area (Å²) in [5.74, 6) is 0.0160. The summed E-state index contributed by atoms with van der Waals surface area (Å²) in [5.41, 5.74) is 0. The number of aliphatic hydroxyl groups excluding tert-OH is 1. The van der Waals surface area contributed by atoms with Crippen LogP contribution < -0.4 is 0 Å². The highest BCUT2D eigenvalue weighted by atomic mass is 31.2. The molecular formula is C62H120O17P2. The monoisotopic (exact) mass is 1200 g/mol. The van der Waals surface area contributed by atoms with Crippen molar-refractivity contribution in [1.82, 2.24) is 0 Å². The van der Waals surface area contributed by atoms with E-state index in [0.717, 1.165) is 109 Å². The summed E-state index contributed by atoms with van der Waals surface area (Å²) in [6.45, 7) is 11.6. The normalized spacial score (nSPS) is 14.4. The van der Waals surface area contributed by atoms with Gasteiger partial charge in [-0.1, -0.05) is 248 Å². The molecule has 0 aromatic carbocycles. The lowest BCUT2D eigenvalue weighted by molar-refractivity contribution is -0.161. The molecule has 0 bridgehead atoms. The van der Waals surface area contributed by atoms with Crippen molar-refractivity contribution in [2.75, 3.05) is 39.6 Å². The first kappa shape index (κ1) is 79.1. The van der Waals surface area contributed by atoms with Crippen molar-refractivity contribution in [1.29, 1.82) is 0 Å². The van der Waals surface area contributed by atoms with Gasteiger partial charge in [-0.2, -0.15) is 0 Å². The molecular weight excluding hydrogens is 1080 g/mol. The van der Waals surface area contributed by atoms with Crippen LogP contribution in [-0.4, -0.2) is 96.7 Å². The zero-order valence-electron chi connectivity index (χ0n) is 52.2. The lowest BCUT2D eigenvalue weighted by Crippen LogP contribution is -2.30. The fourth-order valence-electron chi connectivity index (χ4n) is 9.13.